The molecular weight excluding hydrogens is 444 g/mol. The first-order valence-corrected chi connectivity index (χ1v) is 12.2. The van der Waals surface area contributed by atoms with Crippen molar-refractivity contribution in [2.24, 2.45) is 7.05 Å². The Hall–Kier alpha value is -3.50. The molecule has 6 heterocycles. The van der Waals surface area contributed by atoms with Crippen molar-refractivity contribution in [3.8, 4) is 17.0 Å². The molecule has 35 heavy (non-hydrogen) atoms. The highest BCUT2D eigenvalue weighted by Crippen LogP contribution is 2.31. The zero-order chi connectivity index (χ0) is 23.8. The van der Waals surface area contributed by atoms with Crippen molar-refractivity contribution in [1.82, 2.24) is 34.3 Å². The summed E-state index contributed by atoms with van der Waals surface area (Å²) in [7, 11) is 1.95. The van der Waals surface area contributed by atoms with Gasteiger partial charge in [0.25, 0.3) is 0 Å². The van der Waals surface area contributed by atoms with Gasteiger partial charge in [-0.15, -0.1) is 0 Å². The molecule has 6 rings (SSSR count). The lowest BCUT2D eigenvalue weighted by Crippen LogP contribution is -2.36. The number of rotatable bonds is 0. The second-order valence-corrected chi connectivity index (χ2v) is 9.24. The second kappa shape index (κ2) is 9.27. The third-order valence-corrected chi connectivity index (χ3v) is 6.72. The Morgan fingerprint density at radius 3 is 2.97 bits per heavy atom. The summed E-state index contributed by atoms with van der Waals surface area (Å²) in [5.41, 5.74) is 3.87. The summed E-state index contributed by atoms with van der Waals surface area (Å²) in [6.45, 7) is 5.87. The molecule has 4 aromatic heterocycles. The molecule has 0 unspecified atom stereocenters. The summed E-state index contributed by atoms with van der Waals surface area (Å²) in [5, 5.41) is 12.5. The van der Waals surface area contributed by atoms with E-state index < -0.39 is 0 Å². The number of nitrogens with zero attached hydrogens (tertiary/aromatic N) is 7. The average molecular weight is 475 g/mol. The van der Waals surface area contributed by atoms with Crippen LogP contribution in [0.25, 0.3) is 16.8 Å². The fourth-order valence-corrected chi connectivity index (χ4v) is 5.00. The van der Waals surface area contributed by atoms with Gasteiger partial charge in [-0.25, -0.2) is 14.5 Å². The average Bonchev–Trinajstić information content (AvgIpc) is 3.54. The van der Waals surface area contributed by atoms with Crippen LogP contribution in [0.15, 0.2) is 36.7 Å². The third-order valence-electron chi connectivity index (χ3n) is 6.72. The van der Waals surface area contributed by atoms with Crippen LogP contribution < -0.4 is 10.1 Å². The summed E-state index contributed by atoms with van der Waals surface area (Å²) in [6, 6.07) is 8.47. The molecule has 0 radical (unpaired) electrons. The molecule has 0 aromatic carbocycles. The van der Waals surface area contributed by atoms with Crippen molar-refractivity contribution in [1.29, 1.82) is 0 Å². The predicted molar refractivity (Wildman–Crippen MR) is 132 cm³/mol. The highest BCUT2D eigenvalue weighted by atomic mass is 16.5. The molecule has 0 amide bonds. The van der Waals surface area contributed by atoms with Crippen LogP contribution in [0.4, 0.5) is 11.6 Å². The highest BCUT2D eigenvalue weighted by molar-refractivity contribution is 5.72. The molecule has 1 saturated heterocycles. The van der Waals surface area contributed by atoms with Gasteiger partial charge in [0, 0.05) is 55.6 Å². The van der Waals surface area contributed by atoms with E-state index in [1.54, 1.807) is 0 Å². The minimum absolute atomic E-state index is 0.380. The molecule has 2 aliphatic heterocycles. The van der Waals surface area contributed by atoms with E-state index in [0.717, 1.165) is 65.2 Å². The monoisotopic (exact) mass is 474 g/mol. The van der Waals surface area contributed by atoms with Gasteiger partial charge >= 0.3 is 0 Å². The number of aryl methyl sites for hydroxylation is 2. The van der Waals surface area contributed by atoms with E-state index in [1.165, 1.54) is 6.42 Å². The van der Waals surface area contributed by atoms with Crippen molar-refractivity contribution in [2.75, 3.05) is 38.2 Å². The van der Waals surface area contributed by atoms with E-state index in [-0.39, 0.29) is 0 Å². The first-order chi connectivity index (χ1) is 17.1. The summed E-state index contributed by atoms with van der Waals surface area (Å²) in [5.74, 6) is 3.02. The lowest BCUT2D eigenvalue weighted by atomic mass is 10.1. The van der Waals surface area contributed by atoms with Gasteiger partial charge in [0.2, 0.25) is 0 Å². The van der Waals surface area contributed by atoms with E-state index in [2.05, 4.69) is 36.4 Å². The molecule has 0 saturated carbocycles. The van der Waals surface area contributed by atoms with Crippen LogP contribution in [-0.2, 0) is 18.2 Å². The number of pyridine rings is 1. The fourth-order valence-electron chi connectivity index (χ4n) is 5.00. The normalized spacial score (nSPS) is 19.3. The minimum Gasteiger partial charge on any atom is -0.488 e. The zero-order valence-electron chi connectivity index (χ0n) is 20.1. The maximum atomic E-state index is 6.34. The fraction of sp³-hybridized carbons (Fsp3) is 0.440. The Morgan fingerprint density at radius 2 is 2.03 bits per heavy atom. The maximum absolute atomic E-state index is 6.34. The summed E-state index contributed by atoms with van der Waals surface area (Å²) in [6.07, 6.45) is 6.75. The Morgan fingerprint density at radius 1 is 1.09 bits per heavy atom. The topological polar surface area (TPSA) is 94.6 Å². The molecule has 1 atom stereocenters. The van der Waals surface area contributed by atoms with Gasteiger partial charge in [-0.2, -0.15) is 10.2 Å². The van der Waals surface area contributed by atoms with Gasteiger partial charge in [0.1, 0.15) is 23.9 Å². The molecular formula is C25H30N8O2. The summed E-state index contributed by atoms with van der Waals surface area (Å²) < 4.78 is 16.0. The molecule has 1 fully saturated rings. The first kappa shape index (κ1) is 22.0. The number of aromatic nitrogens is 6. The number of hydrogen-bond acceptors (Lipinski definition) is 8. The maximum Gasteiger partial charge on any atom is 0.165 e. The quantitative estimate of drug-likeness (QED) is 0.416. The molecule has 1 N–H and O–H groups in total. The van der Waals surface area contributed by atoms with E-state index in [9.17, 15) is 0 Å². The Labute approximate surface area is 203 Å². The molecule has 0 spiro atoms. The number of nitrogens with one attached hydrogen (secondary N) is 1. The third kappa shape index (κ3) is 4.59. The van der Waals surface area contributed by atoms with Crippen LogP contribution in [0.2, 0.25) is 0 Å². The van der Waals surface area contributed by atoms with Crippen molar-refractivity contribution in [3.05, 3.63) is 48.2 Å². The van der Waals surface area contributed by atoms with E-state index in [4.69, 9.17) is 9.47 Å². The molecule has 4 aromatic rings. The van der Waals surface area contributed by atoms with Crippen molar-refractivity contribution in [3.63, 3.8) is 0 Å². The Kier molecular flexibility index (Phi) is 5.83. The molecule has 2 aliphatic rings. The smallest absolute Gasteiger partial charge is 0.165 e. The number of hydrogen-bond donors (Lipinski definition) is 1. The van der Waals surface area contributed by atoms with Crippen LogP contribution in [0, 0.1) is 6.92 Å². The standard InChI is InChI=1S/C25H30N8O2/c1-17-12-23-28-22(27-17)6-10-34-11-9-32-7-3-4-19(32)16-35-21-15-26-31(2)25(21)18-5-8-33-20(13-18)14-24(29-23)30-33/h5,8,12-15,19H,3-4,6-7,9-11,16H2,1-2H3,(H,27,28,29,30)/t19-/m1/s1. The summed E-state index contributed by atoms with van der Waals surface area (Å²) in [4.78, 5) is 11.7. The van der Waals surface area contributed by atoms with E-state index >= 15 is 0 Å². The Bertz CT molecular complexity index is 1350. The number of anilines is 2. The van der Waals surface area contributed by atoms with Gasteiger partial charge in [-0.3, -0.25) is 9.58 Å². The van der Waals surface area contributed by atoms with E-state index in [1.807, 2.05) is 53.8 Å². The number of fused-ring (bicyclic) bond motifs is 7. The molecule has 10 nitrogen and oxygen atoms in total. The second-order valence-electron chi connectivity index (χ2n) is 9.24. The van der Waals surface area contributed by atoms with Gasteiger partial charge in [0.15, 0.2) is 11.6 Å². The first-order valence-electron chi connectivity index (χ1n) is 12.2. The number of ether oxygens (including phenoxy) is 2. The van der Waals surface area contributed by atoms with Crippen molar-refractivity contribution < 1.29 is 9.47 Å². The van der Waals surface area contributed by atoms with Crippen LogP contribution in [0.5, 0.6) is 5.75 Å². The molecule has 5 bridgehead atoms. The van der Waals surface area contributed by atoms with Crippen molar-refractivity contribution in [2.45, 2.75) is 32.2 Å². The van der Waals surface area contributed by atoms with Gasteiger partial charge < -0.3 is 14.8 Å². The minimum atomic E-state index is 0.380. The molecule has 182 valence electrons. The van der Waals surface area contributed by atoms with Crippen LogP contribution in [0.1, 0.15) is 24.4 Å². The zero-order valence-corrected chi connectivity index (χ0v) is 20.1. The van der Waals surface area contributed by atoms with Crippen LogP contribution in [0.3, 0.4) is 0 Å². The molecule has 10 heteroatoms. The van der Waals surface area contributed by atoms with Crippen molar-refractivity contribution >= 4 is 17.2 Å². The van der Waals surface area contributed by atoms with E-state index in [0.29, 0.717) is 32.3 Å². The lowest BCUT2D eigenvalue weighted by molar-refractivity contribution is 0.0896. The Balaban J connectivity index is 1.36. The van der Waals surface area contributed by atoms with Gasteiger partial charge in [-0.05, 0) is 38.4 Å². The van der Waals surface area contributed by atoms with Gasteiger partial charge in [-0.1, -0.05) is 0 Å². The molecule has 0 aliphatic carbocycles. The van der Waals surface area contributed by atoms with Crippen LogP contribution in [-0.4, -0.2) is 73.2 Å². The van der Waals surface area contributed by atoms with Crippen LogP contribution >= 0.6 is 0 Å². The summed E-state index contributed by atoms with van der Waals surface area (Å²) >= 11 is 0. The highest BCUT2D eigenvalue weighted by Gasteiger charge is 2.26. The lowest BCUT2D eigenvalue weighted by Gasteiger charge is -2.24. The SMILES string of the molecule is Cc1cc2nc(n1)CCOCCN1CCC[C@@H]1COc1cnn(C)c1-c1ccn3nc(cc3c1)N2. The predicted octanol–water partition coefficient (Wildman–Crippen LogP) is 2.99. The largest absolute Gasteiger partial charge is 0.488 e. The van der Waals surface area contributed by atoms with Gasteiger partial charge in [0.05, 0.1) is 24.9 Å².